The average molecular weight is 442 g/mol. The molecule has 30 heavy (non-hydrogen) atoms. The molecule has 0 aliphatic heterocycles. The number of carbonyl (C=O) groups is 2. The second kappa shape index (κ2) is 9.01. The van der Waals surface area contributed by atoms with E-state index in [1.807, 2.05) is 36.9 Å². The van der Waals surface area contributed by atoms with Gasteiger partial charge in [-0.15, -0.1) is 0 Å². The largest absolute Gasteiger partial charge is 0.329 e. The predicted molar refractivity (Wildman–Crippen MR) is 120 cm³/mol. The minimum Gasteiger partial charge on any atom is -0.329 e. The first-order valence-electron chi connectivity index (χ1n) is 9.83. The molecule has 2 N–H and O–H groups in total. The van der Waals surface area contributed by atoms with Gasteiger partial charge in [0.25, 0.3) is 0 Å². The van der Waals surface area contributed by atoms with Crippen molar-refractivity contribution in [3.05, 3.63) is 47.9 Å². The van der Waals surface area contributed by atoms with E-state index in [2.05, 4.69) is 20.6 Å². The van der Waals surface area contributed by atoms with Gasteiger partial charge in [-0.3, -0.25) is 10.1 Å². The number of aromatic nitrogens is 3. The maximum Gasteiger partial charge on any atom is 0.325 e. The number of ketones is 1. The molecule has 156 valence electrons. The lowest BCUT2D eigenvalue weighted by atomic mass is 9.94. The molecular formula is C21H23N5O2S2. The van der Waals surface area contributed by atoms with Crippen molar-refractivity contribution < 1.29 is 9.59 Å². The lowest BCUT2D eigenvalue weighted by Crippen LogP contribution is -2.22. The van der Waals surface area contributed by atoms with Crippen molar-refractivity contribution in [3.63, 3.8) is 0 Å². The molecule has 2 heterocycles. The van der Waals surface area contributed by atoms with Crippen molar-refractivity contribution >= 4 is 45.7 Å². The highest BCUT2D eigenvalue weighted by Crippen LogP contribution is 2.33. The van der Waals surface area contributed by atoms with E-state index in [9.17, 15) is 9.59 Å². The highest BCUT2D eigenvalue weighted by molar-refractivity contribution is 8.01. The van der Waals surface area contributed by atoms with Crippen molar-refractivity contribution in [2.24, 2.45) is 13.0 Å². The molecule has 2 amide bonds. The number of anilines is 2. The van der Waals surface area contributed by atoms with E-state index in [4.69, 9.17) is 0 Å². The monoisotopic (exact) mass is 441 g/mol. The summed E-state index contributed by atoms with van der Waals surface area (Å²) in [6, 6.07) is 5.14. The summed E-state index contributed by atoms with van der Waals surface area (Å²) >= 11 is 2.86. The van der Waals surface area contributed by atoms with Crippen LogP contribution in [0.15, 0.2) is 46.2 Å². The van der Waals surface area contributed by atoms with E-state index in [0.29, 0.717) is 16.4 Å². The summed E-state index contributed by atoms with van der Waals surface area (Å²) in [5, 5.41) is 6.93. The Labute approximate surface area is 183 Å². The quantitative estimate of drug-likeness (QED) is 0.503. The molecule has 0 atom stereocenters. The van der Waals surface area contributed by atoms with E-state index < -0.39 is 6.03 Å². The van der Waals surface area contributed by atoms with Gasteiger partial charge in [0.1, 0.15) is 0 Å². The molecule has 0 unspecified atom stereocenters. The number of urea groups is 1. The van der Waals surface area contributed by atoms with Crippen molar-refractivity contribution in [1.29, 1.82) is 0 Å². The maximum atomic E-state index is 12.9. The summed E-state index contributed by atoms with van der Waals surface area (Å²) in [5.41, 5.74) is 2.12. The molecule has 0 spiro atoms. The first-order chi connectivity index (χ1) is 14.5. The third-order valence-electron chi connectivity index (χ3n) is 5.09. The molecular weight excluding hydrogens is 418 g/mol. The van der Waals surface area contributed by atoms with E-state index in [0.717, 1.165) is 40.6 Å². The van der Waals surface area contributed by atoms with Crippen molar-refractivity contribution in [1.82, 2.24) is 14.5 Å². The molecule has 1 saturated carbocycles. The van der Waals surface area contributed by atoms with Crippen LogP contribution < -0.4 is 10.6 Å². The van der Waals surface area contributed by atoms with E-state index in [1.54, 1.807) is 18.5 Å². The van der Waals surface area contributed by atoms with Gasteiger partial charge in [-0.25, -0.2) is 14.8 Å². The van der Waals surface area contributed by atoms with Crippen LogP contribution in [-0.4, -0.2) is 26.3 Å². The average Bonchev–Trinajstić information content (AvgIpc) is 3.47. The zero-order chi connectivity index (χ0) is 21.1. The lowest BCUT2D eigenvalue weighted by Gasteiger charge is -2.14. The second-order valence-corrected chi connectivity index (χ2v) is 9.68. The molecule has 1 aliphatic carbocycles. The van der Waals surface area contributed by atoms with Crippen molar-refractivity contribution in [2.75, 3.05) is 10.6 Å². The summed E-state index contributed by atoms with van der Waals surface area (Å²) < 4.78 is 2.84. The van der Waals surface area contributed by atoms with E-state index >= 15 is 0 Å². The van der Waals surface area contributed by atoms with Crippen LogP contribution in [0.5, 0.6) is 0 Å². The normalized spacial score (nSPS) is 14.1. The Bertz CT molecular complexity index is 1070. The fourth-order valence-corrected chi connectivity index (χ4v) is 5.31. The van der Waals surface area contributed by atoms with Gasteiger partial charge < -0.3 is 9.88 Å². The fourth-order valence-electron chi connectivity index (χ4n) is 3.53. The number of hydrogen-bond donors (Lipinski definition) is 2. The third kappa shape index (κ3) is 4.73. The highest BCUT2D eigenvalue weighted by atomic mass is 32.2. The Hall–Kier alpha value is -2.65. The van der Waals surface area contributed by atoms with Gasteiger partial charge in [0.15, 0.2) is 16.1 Å². The number of imidazole rings is 1. The van der Waals surface area contributed by atoms with Gasteiger partial charge >= 0.3 is 6.03 Å². The first kappa shape index (κ1) is 20.6. The molecule has 1 aromatic carbocycles. The van der Waals surface area contributed by atoms with Gasteiger partial charge in [0.2, 0.25) is 0 Å². The Balaban J connectivity index is 1.43. The fraction of sp³-hybridized carbons (Fsp3) is 0.333. The maximum absolute atomic E-state index is 12.9. The van der Waals surface area contributed by atoms with Crippen LogP contribution in [0, 0.1) is 12.8 Å². The molecule has 4 rings (SSSR count). The Morgan fingerprint density at radius 3 is 2.73 bits per heavy atom. The molecule has 7 nitrogen and oxygen atoms in total. The minimum absolute atomic E-state index is 0.0556. The molecule has 0 radical (unpaired) electrons. The highest BCUT2D eigenvalue weighted by Gasteiger charge is 2.26. The molecule has 2 aromatic heterocycles. The number of amides is 2. The number of Topliss-reactive ketones (excluding diaryl/α,β-unsaturated/α-hetero) is 1. The van der Waals surface area contributed by atoms with Gasteiger partial charge in [-0.1, -0.05) is 35.8 Å². The standard InChI is InChI=1S/C21H23N5O2S2/c1-13-7-8-16(15(11-13)18(27)14-5-3-4-6-14)24-19(28)25-20-23-12-17(29-20)30-21-22-9-10-26(21)2/h7-12,14H,3-6H2,1-2H3,(H2,23,24,25,28). The number of thiazole rings is 1. The molecule has 9 heteroatoms. The van der Waals surface area contributed by atoms with Crippen LogP contribution in [0.2, 0.25) is 0 Å². The number of rotatable bonds is 6. The second-order valence-electron chi connectivity index (χ2n) is 7.38. The van der Waals surface area contributed by atoms with Crippen LogP contribution in [0.3, 0.4) is 0 Å². The molecule has 3 aromatic rings. The summed E-state index contributed by atoms with van der Waals surface area (Å²) in [4.78, 5) is 34.0. The lowest BCUT2D eigenvalue weighted by molar-refractivity contribution is 0.0923. The molecule has 0 bridgehead atoms. The Morgan fingerprint density at radius 2 is 2.00 bits per heavy atom. The number of hydrogen-bond acceptors (Lipinski definition) is 6. The molecule has 1 aliphatic rings. The van der Waals surface area contributed by atoms with Gasteiger partial charge in [-0.2, -0.15) is 0 Å². The first-order valence-corrected chi connectivity index (χ1v) is 11.5. The summed E-state index contributed by atoms with van der Waals surface area (Å²) in [5.74, 6) is 0.176. The topological polar surface area (TPSA) is 88.9 Å². The predicted octanol–water partition coefficient (Wildman–Crippen LogP) is 5.35. The summed E-state index contributed by atoms with van der Waals surface area (Å²) in [7, 11) is 1.93. The molecule has 1 fully saturated rings. The zero-order valence-corrected chi connectivity index (χ0v) is 18.5. The SMILES string of the molecule is Cc1ccc(NC(=O)Nc2ncc(Sc3nccn3C)s2)c(C(=O)C2CCCC2)c1. The number of nitrogens with zero attached hydrogens (tertiary/aromatic N) is 3. The van der Waals surface area contributed by atoms with Gasteiger partial charge in [-0.05, 0) is 43.7 Å². The van der Waals surface area contributed by atoms with Crippen LogP contribution in [0.1, 0.15) is 41.6 Å². The number of aryl methyl sites for hydroxylation is 2. The number of carbonyl (C=O) groups excluding carboxylic acids is 2. The zero-order valence-electron chi connectivity index (χ0n) is 16.8. The van der Waals surface area contributed by atoms with Crippen molar-refractivity contribution in [3.8, 4) is 0 Å². The van der Waals surface area contributed by atoms with Crippen LogP contribution >= 0.6 is 23.1 Å². The van der Waals surface area contributed by atoms with Gasteiger partial charge in [0, 0.05) is 30.9 Å². The summed E-state index contributed by atoms with van der Waals surface area (Å²) in [6.07, 6.45) is 9.36. The van der Waals surface area contributed by atoms with Crippen LogP contribution in [0.25, 0.3) is 0 Å². The minimum atomic E-state index is -0.415. The number of benzene rings is 1. The molecule has 0 saturated heterocycles. The van der Waals surface area contributed by atoms with Gasteiger partial charge in [0.05, 0.1) is 16.1 Å². The Kier molecular flexibility index (Phi) is 6.19. The van der Waals surface area contributed by atoms with E-state index in [1.165, 1.54) is 23.1 Å². The Morgan fingerprint density at radius 1 is 1.20 bits per heavy atom. The van der Waals surface area contributed by atoms with Crippen molar-refractivity contribution in [2.45, 2.75) is 42.0 Å². The van der Waals surface area contributed by atoms with Crippen LogP contribution in [0.4, 0.5) is 15.6 Å². The van der Waals surface area contributed by atoms with E-state index in [-0.39, 0.29) is 11.7 Å². The third-order valence-corrected chi connectivity index (χ3v) is 7.18. The number of nitrogens with one attached hydrogen (secondary N) is 2. The summed E-state index contributed by atoms with van der Waals surface area (Å²) in [6.45, 7) is 1.95. The smallest absolute Gasteiger partial charge is 0.325 e. The van der Waals surface area contributed by atoms with Crippen LogP contribution in [-0.2, 0) is 7.05 Å².